The maximum absolute atomic E-state index is 13.1. The van der Waals surface area contributed by atoms with E-state index >= 15 is 0 Å². The second-order valence-electron chi connectivity index (χ2n) is 8.43. The third-order valence-electron chi connectivity index (χ3n) is 6.70. The first-order valence-electron chi connectivity index (χ1n) is 10.0. The van der Waals surface area contributed by atoms with Gasteiger partial charge in [0.15, 0.2) is 0 Å². The van der Waals surface area contributed by atoms with Gasteiger partial charge < -0.3 is 10.1 Å². The van der Waals surface area contributed by atoms with Gasteiger partial charge in [-0.25, -0.2) is 0 Å². The van der Waals surface area contributed by atoms with E-state index in [4.69, 9.17) is 16.3 Å². The van der Waals surface area contributed by atoms with Crippen LogP contribution in [0.5, 0.6) is 0 Å². The Hall–Kier alpha value is -1.85. The molecule has 0 bridgehead atoms. The molecule has 4 rings (SSSR count). The van der Waals surface area contributed by atoms with E-state index in [1.54, 1.807) is 11.3 Å². The van der Waals surface area contributed by atoms with Gasteiger partial charge in [0.25, 0.3) is 5.91 Å². The molecule has 0 unspecified atom stereocenters. The minimum Gasteiger partial charge on any atom is -0.469 e. The molecule has 0 saturated heterocycles. The lowest BCUT2D eigenvalue weighted by atomic mass is 9.48. The van der Waals surface area contributed by atoms with Crippen molar-refractivity contribution in [3.8, 4) is 0 Å². The van der Waals surface area contributed by atoms with E-state index in [0.29, 0.717) is 5.02 Å². The van der Waals surface area contributed by atoms with Crippen molar-refractivity contribution in [1.29, 1.82) is 0 Å². The summed E-state index contributed by atoms with van der Waals surface area (Å²) >= 11 is 7.67. The lowest BCUT2D eigenvalue weighted by molar-refractivity contribution is -0.167. The molecule has 29 heavy (non-hydrogen) atoms. The van der Waals surface area contributed by atoms with Crippen LogP contribution in [-0.2, 0) is 16.0 Å². The first kappa shape index (κ1) is 20.4. The minimum absolute atomic E-state index is 0.00426. The number of aryl methyl sites for hydroxylation is 2. The molecular weight excluding hydrogens is 406 g/mol. The number of halogens is 1. The number of ether oxygens (including phenoxy) is 1. The number of esters is 1. The highest BCUT2D eigenvalue weighted by Gasteiger charge is 2.58. The van der Waals surface area contributed by atoms with Crippen molar-refractivity contribution in [2.45, 2.75) is 52.0 Å². The lowest BCUT2D eigenvalue weighted by Gasteiger charge is -2.58. The highest BCUT2D eigenvalue weighted by atomic mass is 35.5. The van der Waals surface area contributed by atoms with Crippen LogP contribution in [0.25, 0.3) is 0 Å². The number of thiophene rings is 1. The molecule has 1 N–H and O–H groups in total. The van der Waals surface area contributed by atoms with Crippen LogP contribution < -0.4 is 5.32 Å². The van der Waals surface area contributed by atoms with Gasteiger partial charge in [-0.2, -0.15) is 0 Å². The minimum atomic E-state index is -0.101. The Balaban J connectivity index is 1.45. The molecule has 2 saturated carbocycles. The molecule has 6 heteroatoms. The van der Waals surface area contributed by atoms with Crippen molar-refractivity contribution in [3.63, 3.8) is 0 Å². The van der Waals surface area contributed by atoms with E-state index in [0.717, 1.165) is 53.7 Å². The predicted molar refractivity (Wildman–Crippen MR) is 116 cm³/mol. The van der Waals surface area contributed by atoms with Crippen LogP contribution >= 0.6 is 22.9 Å². The normalized spacial score (nSPS) is 25.2. The Morgan fingerprint density at radius 1 is 1.21 bits per heavy atom. The summed E-state index contributed by atoms with van der Waals surface area (Å²) in [6.45, 7) is 4.09. The number of carbonyl (C=O) groups excluding carboxylic acids is 2. The number of carbonyl (C=O) groups is 2. The Morgan fingerprint density at radius 2 is 1.90 bits per heavy atom. The number of rotatable bonds is 5. The molecule has 0 aliphatic heterocycles. The predicted octanol–water partition coefficient (Wildman–Crippen LogP) is 5.07. The fraction of sp³-hybridized carbons (Fsp3) is 0.478. The monoisotopic (exact) mass is 431 g/mol. The molecule has 2 aromatic rings. The third-order valence-corrected chi connectivity index (χ3v) is 8.02. The van der Waals surface area contributed by atoms with Crippen LogP contribution in [-0.4, -0.2) is 25.0 Å². The Morgan fingerprint density at radius 3 is 2.48 bits per heavy atom. The first-order valence-corrected chi connectivity index (χ1v) is 11.2. The Labute approximate surface area is 180 Å². The lowest BCUT2D eigenvalue weighted by Crippen LogP contribution is -2.60. The standard InChI is InChI=1S/C23H26ClNO3S/c1-13-18(10-15-4-6-16(24)7-5-15)20(14(2)29-13)21(26)25-17-11-23(12-17)9-8-19(23)22(27)28-3/h4-7,17,19H,8-12H2,1-3H3,(H,25,26)/t17?,19-,23?/m0/s1. The van der Waals surface area contributed by atoms with Crippen molar-refractivity contribution < 1.29 is 14.3 Å². The summed E-state index contributed by atoms with van der Waals surface area (Å²) in [6.07, 6.45) is 4.41. The number of nitrogens with one attached hydrogen (secondary N) is 1. The van der Waals surface area contributed by atoms with Gasteiger partial charge in [-0.15, -0.1) is 11.3 Å². The van der Waals surface area contributed by atoms with E-state index in [2.05, 4.69) is 12.2 Å². The van der Waals surface area contributed by atoms with Crippen LogP contribution in [0.2, 0.25) is 5.02 Å². The summed E-state index contributed by atoms with van der Waals surface area (Å²) in [7, 11) is 1.45. The topological polar surface area (TPSA) is 55.4 Å². The number of amides is 1. The van der Waals surface area contributed by atoms with E-state index in [9.17, 15) is 9.59 Å². The zero-order valence-corrected chi connectivity index (χ0v) is 18.6. The van der Waals surface area contributed by atoms with E-state index < -0.39 is 0 Å². The summed E-state index contributed by atoms with van der Waals surface area (Å²) in [4.78, 5) is 27.3. The van der Waals surface area contributed by atoms with Gasteiger partial charge in [-0.05, 0) is 74.6 Å². The van der Waals surface area contributed by atoms with E-state index in [1.165, 1.54) is 12.0 Å². The van der Waals surface area contributed by atoms with Crippen molar-refractivity contribution in [1.82, 2.24) is 5.32 Å². The number of methoxy groups -OCH3 is 1. The molecule has 0 radical (unpaired) electrons. The number of hydrogen-bond acceptors (Lipinski definition) is 4. The summed E-state index contributed by atoms with van der Waals surface area (Å²) in [5.74, 6) is -0.0913. The Bertz CT molecular complexity index is 944. The molecule has 1 heterocycles. The van der Waals surface area contributed by atoms with Crippen molar-refractivity contribution >= 4 is 34.8 Å². The molecule has 1 amide bonds. The van der Waals surface area contributed by atoms with Crippen LogP contribution in [0, 0.1) is 25.2 Å². The molecule has 1 aromatic carbocycles. The van der Waals surface area contributed by atoms with Crippen LogP contribution in [0.3, 0.4) is 0 Å². The van der Waals surface area contributed by atoms with Gasteiger partial charge in [-0.1, -0.05) is 23.7 Å². The summed E-state index contributed by atoms with van der Waals surface area (Å²) < 4.78 is 4.94. The molecule has 1 spiro atoms. The summed E-state index contributed by atoms with van der Waals surface area (Å²) in [5, 5.41) is 3.93. The van der Waals surface area contributed by atoms with Gasteiger partial charge >= 0.3 is 5.97 Å². The average Bonchev–Trinajstić information content (AvgIpc) is 2.91. The van der Waals surface area contributed by atoms with Crippen LogP contribution in [0.1, 0.15) is 56.9 Å². The smallest absolute Gasteiger partial charge is 0.309 e. The SMILES string of the molecule is COC(=O)[C@@H]1CCC12CC(NC(=O)c1c(C)sc(C)c1Cc1ccc(Cl)cc1)C2. The maximum atomic E-state index is 13.1. The van der Waals surface area contributed by atoms with Gasteiger partial charge in [-0.3, -0.25) is 9.59 Å². The average molecular weight is 432 g/mol. The van der Waals surface area contributed by atoms with Gasteiger partial charge in [0.2, 0.25) is 0 Å². The van der Waals surface area contributed by atoms with E-state index in [-0.39, 0.29) is 29.3 Å². The molecule has 154 valence electrons. The van der Waals surface area contributed by atoms with Crippen LogP contribution in [0.4, 0.5) is 0 Å². The molecule has 1 atom stereocenters. The highest BCUT2D eigenvalue weighted by Crippen LogP contribution is 2.60. The fourth-order valence-corrected chi connectivity index (χ4v) is 6.22. The van der Waals surface area contributed by atoms with Crippen molar-refractivity contribution in [3.05, 3.63) is 55.7 Å². The zero-order valence-electron chi connectivity index (χ0n) is 17.0. The Kier molecular flexibility index (Phi) is 5.47. The van der Waals surface area contributed by atoms with Crippen molar-refractivity contribution in [2.75, 3.05) is 7.11 Å². The summed E-state index contributed by atoms with van der Waals surface area (Å²) in [5.41, 5.74) is 3.10. The van der Waals surface area contributed by atoms with E-state index in [1.807, 2.05) is 31.2 Å². The van der Waals surface area contributed by atoms with Crippen LogP contribution in [0.15, 0.2) is 24.3 Å². The fourth-order valence-electron chi connectivity index (χ4n) is 5.02. The zero-order chi connectivity index (χ0) is 20.8. The summed E-state index contributed by atoms with van der Waals surface area (Å²) in [6, 6.07) is 7.92. The second kappa shape index (κ2) is 7.77. The second-order valence-corrected chi connectivity index (χ2v) is 10.3. The van der Waals surface area contributed by atoms with Gasteiger partial charge in [0.1, 0.15) is 0 Å². The molecule has 4 nitrogen and oxygen atoms in total. The van der Waals surface area contributed by atoms with Gasteiger partial charge in [0, 0.05) is 20.8 Å². The largest absolute Gasteiger partial charge is 0.469 e. The third kappa shape index (κ3) is 3.71. The molecular formula is C23H26ClNO3S. The highest BCUT2D eigenvalue weighted by molar-refractivity contribution is 7.12. The molecule has 2 fully saturated rings. The maximum Gasteiger partial charge on any atom is 0.309 e. The molecule has 2 aliphatic carbocycles. The molecule has 2 aliphatic rings. The van der Waals surface area contributed by atoms with Gasteiger partial charge in [0.05, 0.1) is 18.6 Å². The van der Waals surface area contributed by atoms with Crippen molar-refractivity contribution in [2.24, 2.45) is 11.3 Å². The quantitative estimate of drug-likeness (QED) is 0.672. The number of benzene rings is 1. The first-order chi connectivity index (χ1) is 13.8. The number of hydrogen-bond donors (Lipinski definition) is 1. The molecule has 1 aromatic heterocycles.